The van der Waals surface area contributed by atoms with Crippen molar-refractivity contribution in [3.8, 4) is 0 Å². The number of nitrogens with one attached hydrogen (secondary N) is 1. The molecule has 1 saturated heterocycles. The summed E-state index contributed by atoms with van der Waals surface area (Å²) in [7, 11) is 0. The van der Waals surface area contributed by atoms with Crippen LogP contribution in [0.15, 0.2) is 48.7 Å². The fourth-order valence-electron chi connectivity index (χ4n) is 3.60. The fourth-order valence-corrected chi connectivity index (χ4v) is 3.60. The molecule has 1 aromatic carbocycles. The van der Waals surface area contributed by atoms with E-state index in [0.29, 0.717) is 0 Å². The van der Waals surface area contributed by atoms with Crippen LogP contribution >= 0.6 is 0 Å². The average Bonchev–Trinajstić information content (AvgIpc) is 3.43. The van der Waals surface area contributed by atoms with Crippen LogP contribution in [0.1, 0.15) is 23.5 Å². The molecule has 0 amide bonds. The summed E-state index contributed by atoms with van der Waals surface area (Å²) in [5, 5.41) is 3.64. The lowest BCUT2D eigenvalue weighted by Gasteiger charge is -2.29. The van der Waals surface area contributed by atoms with E-state index in [1.807, 2.05) is 12.3 Å². The predicted octanol–water partition coefficient (Wildman–Crippen LogP) is 2.81. The van der Waals surface area contributed by atoms with Crippen LogP contribution < -0.4 is 10.2 Å². The van der Waals surface area contributed by atoms with E-state index in [1.54, 1.807) is 0 Å². The molecule has 4 rings (SSSR count). The van der Waals surface area contributed by atoms with E-state index < -0.39 is 0 Å². The normalized spacial score (nSPS) is 23.2. The van der Waals surface area contributed by atoms with Crippen LogP contribution in [0, 0.1) is 5.92 Å². The van der Waals surface area contributed by atoms with E-state index in [1.165, 1.54) is 17.5 Å². The molecule has 2 unspecified atom stereocenters. The van der Waals surface area contributed by atoms with Gasteiger partial charge in [-0.1, -0.05) is 36.4 Å². The SMILES string of the molecule is c1ccc(C2CC2CNCc2cccnc2N2CCOCC2)cc1. The maximum absolute atomic E-state index is 5.45. The number of hydrogen-bond donors (Lipinski definition) is 1. The third-order valence-corrected chi connectivity index (χ3v) is 5.05. The van der Waals surface area contributed by atoms with Gasteiger partial charge in [-0.15, -0.1) is 0 Å². The zero-order valence-corrected chi connectivity index (χ0v) is 14.0. The average molecular weight is 323 g/mol. The number of ether oxygens (including phenoxy) is 1. The van der Waals surface area contributed by atoms with Gasteiger partial charge in [-0.3, -0.25) is 0 Å². The number of pyridine rings is 1. The van der Waals surface area contributed by atoms with Gasteiger partial charge < -0.3 is 15.0 Å². The Balaban J connectivity index is 1.31. The molecule has 1 aliphatic heterocycles. The Kier molecular flexibility index (Phi) is 4.76. The van der Waals surface area contributed by atoms with Crippen molar-refractivity contribution in [2.45, 2.75) is 18.9 Å². The second kappa shape index (κ2) is 7.32. The minimum Gasteiger partial charge on any atom is -0.378 e. The summed E-state index contributed by atoms with van der Waals surface area (Å²) < 4.78 is 5.45. The molecule has 2 fully saturated rings. The number of anilines is 1. The first-order chi connectivity index (χ1) is 11.9. The first-order valence-corrected chi connectivity index (χ1v) is 8.94. The van der Waals surface area contributed by atoms with Crippen molar-refractivity contribution in [3.63, 3.8) is 0 Å². The number of nitrogens with zero attached hydrogens (tertiary/aromatic N) is 2. The third-order valence-electron chi connectivity index (χ3n) is 5.05. The monoisotopic (exact) mass is 323 g/mol. The van der Waals surface area contributed by atoms with Crippen LogP contribution in [-0.2, 0) is 11.3 Å². The molecule has 24 heavy (non-hydrogen) atoms. The Morgan fingerprint density at radius 2 is 1.92 bits per heavy atom. The fraction of sp³-hybridized carbons (Fsp3) is 0.450. The quantitative estimate of drug-likeness (QED) is 0.887. The Morgan fingerprint density at radius 3 is 2.75 bits per heavy atom. The third kappa shape index (κ3) is 3.60. The Labute approximate surface area is 143 Å². The molecule has 1 aromatic heterocycles. The van der Waals surface area contributed by atoms with Crippen molar-refractivity contribution < 1.29 is 4.74 Å². The highest BCUT2D eigenvalue weighted by Crippen LogP contribution is 2.46. The zero-order valence-electron chi connectivity index (χ0n) is 14.0. The van der Waals surface area contributed by atoms with Crippen LogP contribution in [-0.4, -0.2) is 37.8 Å². The second-order valence-electron chi connectivity index (χ2n) is 6.73. The van der Waals surface area contributed by atoms with Crippen LogP contribution in [0.2, 0.25) is 0 Å². The number of morpholine rings is 1. The lowest BCUT2D eigenvalue weighted by molar-refractivity contribution is 0.122. The lowest BCUT2D eigenvalue weighted by atomic mass is 10.1. The van der Waals surface area contributed by atoms with Crippen LogP contribution in [0.3, 0.4) is 0 Å². The predicted molar refractivity (Wildman–Crippen MR) is 96.3 cm³/mol. The Morgan fingerprint density at radius 1 is 1.08 bits per heavy atom. The number of hydrogen-bond acceptors (Lipinski definition) is 4. The van der Waals surface area contributed by atoms with E-state index in [-0.39, 0.29) is 0 Å². The zero-order chi connectivity index (χ0) is 16.2. The van der Waals surface area contributed by atoms with Gasteiger partial charge >= 0.3 is 0 Å². The maximum Gasteiger partial charge on any atom is 0.133 e. The summed E-state index contributed by atoms with van der Waals surface area (Å²) in [6.45, 7) is 5.43. The molecule has 2 atom stereocenters. The summed E-state index contributed by atoms with van der Waals surface area (Å²) in [6.07, 6.45) is 3.20. The van der Waals surface area contributed by atoms with Gasteiger partial charge in [-0.2, -0.15) is 0 Å². The van der Waals surface area contributed by atoms with E-state index in [0.717, 1.165) is 57.0 Å². The van der Waals surface area contributed by atoms with E-state index >= 15 is 0 Å². The maximum atomic E-state index is 5.45. The molecule has 1 aliphatic carbocycles. The topological polar surface area (TPSA) is 37.4 Å². The highest BCUT2D eigenvalue weighted by Gasteiger charge is 2.37. The molecule has 1 N–H and O–H groups in total. The number of aromatic nitrogens is 1. The number of rotatable bonds is 6. The van der Waals surface area contributed by atoms with Crippen molar-refractivity contribution in [1.82, 2.24) is 10.3 Å². The molecule has 0 bridgehead atoms. The molecule has 4 nitrogen and oxygen atoms in total. The second-order valence-corrected chi connectivity index (χ2v) is 6.73. The van der Waals surface area contributed by atoms with Crippen LogP contribution in [0.25, 0.3) is 0 Å². The molecule has 126 valence electrons. The Hall–Kier alpha value is -1.91. The molecule has 1 saturated carbocycles. The smallest absolute Gasteiger partial charge is 0.133 e. The number of benzene rings is 1. The van der Waals surface area contributed by atoms with Gasteiger partial charge in [0.15, 0.2) is 0 Å². The van der Waals surface area contributed by atoms with Crippen molar-refractivity contribution >= 4 is 5.82 Å². The van der Waals surface area contributed by atoms with Crippen LogP contribution in [0.4, 0.5) is 5.82 Å². The molecule has 2 aliphatic rings. The summed E-state index contributed by atoms with van der Waals surface area (Å²) in [6, 6.07) is 15.1. The van der Waals surface area contributed by atoms with E-state index in [9.17, 15) is 0 Å². The largest absolute Gasteiger partial charge is 0.378 e. The molecule has 0 spiro atoms. The van der Waals surface area contributed by atoms with Crippen molar-refractivity contribution in [1.29, 1.82) is 0 Å². The summed E-state index contributed by atoms with van der Waals surface area (Å²) in [4.78, 5) is 6.95. The van der Waals surface area contributed by atoms with Gasteiger partial charge in [0.25, 0.3) is 0 Å². The van der Waals surface area contributed by atoms with Gasteiger partial charge in [0, 0.05) is 31.4 Å². The van der Waals surface area contributed by atoms with Crippen molar-refractivity contribution in [2.24, 2.45) is 5.92 Å². The van der Waals surface area contributed by atoms with Gasteiger partial charge in [0.05, 0.1) is 13.2 Å². The van der Waals surface area contributed by atoms with Crippen molar-refractivity contribution in [3.05, 3.63) is 59.8 Å². The molecule has 2 heterocycles. The molecule has 2 aromatic rings. The van der Waals surface area contributed by atoms with Crippen LogP contribution in [0.5, 0.6) is 0 Å². The molecule has 4 heteroatoms. The van der Waals surface area contributed by atoms with E-state index in [2.05, 4.69) is 51.6 Å². The highest BCUT2D eigenvalue weighted by atomic mass is 16.5. The van der Waals surface area contributed by atoms with Crippen molar-refractivity contribution in [2.75, 3.05) is 37.7 Å². The molecular weight excluding hydrogens is 298 g/mol. The van der Waals surface area contributed by atoms with E-state index in [4.69, 9.17) is 4.74 Å². The molecular formula is C20H25N3O. The summed E-state index contributed by atoms with van der Waals surface area (Å²) in [5.41, 5.74) is 2.77. The van der Waals surface area contributed by atoms with Gasteiger partial charge in [-0.25, -0.2) is 4.98 Å². The van der Waals surface area contributed by atoms with Gasteiger partial charge in [0.2, 0.25) is 0 Å². The molecule has 0 radical (unpaired) electrons. The highest BCUT2D eigenvalue weighted by molar-refractivity contribution is 5.47. The summed E-state index contributed by atoms with van der Waals surface area (Å²) >= 11 is 0. The minimum atomic E-state index is 0.742. The van der Waals surface area contributed by atoms with Gasteiger partial charge in [-0.05, 0) is 36.4 Å². The Bertz CT molecular complexity index is 655. The lowest BCUT2D eigenvalue weighted by Crippen LogP contribution is -2.37. The minimum absolute atomic E-state index is 0.742. The first-order valence-electron chi connectivity index (χ1n) is 8.94. The standard InChI is InChI=1S/C20H25N3O/c1-2-5-16(6-3-1)19-13-18(19)15-21-14-17-7-4-8-22-20(17)23-9-11-24-12-10-23/h1-8,18-19,21H,9-15H2. The summed E-state index contributed by atoms with van der Waals surface area (Å²) in [5.74, 6) is 2.63. The first kappa shape index (κ1) is 15.6. The van der Waals surface area contributed by atoms with Gasteiger partial charge in [0.1, 0.15) is 5.82 Å².